The molecule has 28 heavy (non-hydrogen) atoms. The molecule has 4 rings (SSSR count). The predicted octanol–water partition coefficient (Wildman–Crippen LogP) is 4.38. The monoisotopic (exact) mass is 394 g/mol. The molecule has 8 heteroatoms. The molecule has 0 spiro atoms. The molecule has 1 amide bonds. The molecule has 140 valence electrons. The van der Waals surface area contributed by atoms with Crippen LogP contribution in [0.4, 0.5) is 10.2 Å². The van der Waals surface area contributed by atoms with Gasteiger partial charge in [0.05, 0.1) is 18.5 Å². The van der Waals surface area contributed by atoms with Crippen LogP contribution in [0.5, 0.6) is 5.75 Å². The van der Waals surface area contributed by atoms with E-state index in [2.05, 4.69) is 15.4 Å². The predicted molar refractivity (Wildman–Crippen MR) is 106 cm³/mol. The molecule has 2 heterocycles. The molecular formula is C20H15FN4O2S. The van der Waals surface area contributed by atoms with E-state index in [1.54, 1.807) is 30.0 Å². The number of halogens is 1. The van der Waals surface area contributed by atoms with Crippen molar-refractivity contribution in [3.05, 3.63) is 65.8 Å². The molecule has 2 aromatic heterocycles. The molecule has 6 nitrogen and oxygen atoms in total. The van der Waals surface area contributed by atoms with Gasteiger partial charge in [-0.15, -0.1) is 11.3 Å². The number of hydrogen-bond donors (Lipinski definition) is 1. The Morgan fingerprint density at radius 3 is 2.43 bits per heavy atom. The third-order valence-corrected chi connectivity index (χ3v) is 4.93. The maximum absolute atomic E-state index is 13.2. The van der Waals surface area contributed by atoms with E-state index in [4.69, 9.17) is 4.74 Å². The summed E-state index contributed by atoms with van der Waals surface area (Å²) in [6.45, 7) is 0. The minimum atomic E-state index is -0.321. The number of benzene rings is 2. The Morgan fingerprint density at radius 1 is 1.07 bits per heavy atom. The van der Waals surface area contributed by atoms with Crippen LogP contribution in [0.3, 0.4) is 0 Å². The average molecular weight is 394 g/mol. The van der Waals surface area contributed by atoms with Crippen molar-refractivity contribution in [2.45, 2.75) is 0 Å². The molecule has 0 radical (unpaired) electrons. The van der Waals surface area contributed by atoms with E-state index < -0.39 is 0 Å². The third kappa shape index (κ3) is 3.49. The number of methoxy groups -OCH3 is 1. The van der Waals surface area contributed by atoms with Crippen LogP contribution in [-0.4, -0.2) is 28.3 Å². The first kappa shape index (κ1) is 17.9. The zero-order valence-electron chi connectivity index (χ0n) is 14.8. The first-order valence-electron chi connectivity index (χ1n) is 8.34. The lowest BCUT2D eigenvalue weighted by Gasteiger charge is -2.02. The first-order valence-corrected chi connectivity index (χ1v) is 9.22. The molecule has 0 bridgehead atoms. The summed E-state index contributed by atoms with van der Waals surface area (Å²) < 4.78 is 19.9. The van der Waals surface area contributed by atoms with E-state index in [1.165, 1.54) is 23.5 Å². The van der Waals surface area contributed by atoms with Gasteiger partial charge in [0.1, 0.15) is 17.4 Å². The third-order valence-electron chi connectivity index (χ3n) is 4.12. The van der Waals surface area contributed by atoms with Crippen LogP contribution in [0, 0.1) is 5.82 Å². The molecule has 0 saturated carbocycles. The smallest absolute Gasteiger partial charge is 0.212 e. The van der Waals surface area contributed by atoms with E-state index in [1.807, 2.05) is 29.6 Å². The van der Waals surface area contributed by atoms with Crippen LogP contribution in [-0.2, 0) is 4.79 Å². The first-order chi connectivity index (χ1) is 13.7. The van der Waals surface area contributed by atoms with Crippen molar-refractivity contribution in [1.82, 2.24) is 14.8 Å². The molecule has 1 N–H and O–H groups in total. The number of anilines is 1. The van der Waals surface area contributed by atoms with Crippen molar-refractivity contribution in [1.29, 1.82) is 0 Å². The van der Waals surface area contributed by atoms with Gasteiger partial charge in [-0.25, -0.2) is 9.37 Å². The second-order valence-corrected chi connectivity index (χ2v) is 6.68. The number of aromatic nitrogens is 3. The topological polar surface area (TPSA) is 69.0 Å². The fraction of sp³-hybridized carbons (Fsp3) is 0.0500. The Labute approximate surface area is 164 Å². The van der Waals surface area contributed by atoms with E-state index >= 15 is 0 Å². The average Bonchev–Trinajstić information content (AvgIpc) is 3.36. The van der Waals surface area contributed by atoms with Gasteiger partial charge in [-0.3, -0.25) is 4.79 Å². The summed E-state index contributed by atoms with van der Waals surface area (Å²) in [5.41, 5.74) is 3.07. The van der Waals surface area contributed by atoms with Crippen molar-refractivity contribution in [3.8, 4) is 33.4 Å². The standard InChI is InChI=1S/C20H15FN4O2S/c1-27-16-8-4-14(5-9-16)18-11-28-20(23-18)25-19(22-12-26)10-17(24-25)13-2-6-15(21)7-3-13/h2-12H,1H3,(H,22,26). The lowest BCUT2D eigenvalue weighted by molar-refractivity contribution is -0.105. The lowest BCUT2D eigenvalue weighted by atomic mass is 10.1. The second-order valence-electron chi connectivity index (χ2n) is 5.84. The quantitative estimate of drug-likeness (QED) is 0.493. The Hall–Kier alpha value is -3.52. The number of amides is 1. The highest BCUT2D eigenvalue weighted by molar-refractivity contribution is 7.12. The number of carbonyl (C=O) groups is 1. The van der Waals surface area contributed by atoms with Gasteiger partial charge in [-0.1, -0.05) is 0 Å². The minimum Gasteiger partial charge on any atom is -0.497 e. The SMILES string of the molecule is COc1ccc(-c2csc(-n3nc(-c4ccc(F)cc4)cc3NC=O)n2)cc1. The Morgan fingerprint density at radius 2 is 1.75 bits per heavy atom. The van der Waals surface area contributed by atoms with E-state index in [-0.39, 0.29) is 5.82 Å². The van der Waals surface area contributed by atoms with Gasteiger partial charge < -0.3 is 10.1 Å². The van der Waals surface area contributed by atoms with Crippen molar-refractivity contribution < 1.29 is 13.9 Å². The highest BCUT2D eigenvalue weighted by Gasteiger charge is 2.15. The molecule has 0 aliphatic carbocycles. The highest BCUT2D eigenvalue weighted by atomic mass is 32.1. The van der Waals surface area contributed by atoms with Crippen LogP contribution < -0.4 is 10.1 Å². The molecule has 0 saturated heterocycles. The van der Waals surface area contributed by atoms with Crippen LogP contribution in [0.15, 0.2) is 60.0 Å². The Balaban J connectivity index is 1.70. The van der Waals surface area contributed by atoms with Gasteiger partial charge in [-0.05, 0) is 48.5 Å². The highest BCUT2D eigenvalue weighted by Crippen LogP contribution is 2.29. The minimum absolute atomic E-state index is 0.321. The van der Waals surface area contributed by atoms with E-state index in [9.17, 15) is 9.18 Å². The molecule has 0 fully saturated rings. The number of thiazole rings is 1. The number of nitrogens with zero attached hydrogens (tertiary/aromatic N) is 3. The van der Waals surface area contributed by atoms with Gasteiger partial charge in [-0.2, -0.15) is 9.78 Å². The number of nitrogens with one attached hydrogen (secondary N) is 1. The maximum Gasteiger partial charge on any atom is 0.212 e. The molecule has 4 aromatic rings. The van der Waals surface area contributed by atoms with Crippen LogP contribution in [0.1, 0.15) is 0 Å². The normalized spacial score (nSPS) is 10.6. The van der Waals surface area contributed by atoms with Crippen molar-refractivity contribution in [3.63, 3.8) is 0 Å². The summed E-state index contributed by atoms with van der Waals surface area (Å²) in [5, 5.41) is 9.69. The zero-order chi connectivity index (χ0) is 19.5. The van der Waals surface area contributed by atoms with E-state index in [0.717, 1.165) is 22.6 Å². The zero-order valence-corrected chi connectivity index (χ0v) is 15.6. The maximum atomic E-state index is 13.2. The summed E-state index contributed by atoms with van der Waals surface area (Å²) in [5.74, 6) is 0.927. The lowest BCUT2D eigenvalue weighted by Crippen LogP contribution is -2.04. The number of carbonyl (C=O) groups excluding carboxylic acids is 1. The number of ether oxygens (including phenoxy) is 1. The molecule has 0 aliphatic heterocycles. The molecule has 0 atom stereocenters. The van der Waals surface area contributed by atoms with Crippen LogP contribution in [0.2, 0.25) is 0 Å². The van der Waals surface area contributed by atoms with Gasteiger partial charge in [0.15, 0.2) is 0 Å². The van der Waals surface area contributed by atoms with Crippen LogP contribution >= 0.6 is 11.3 Å². The van der Waals surface area contributed by atoms with Crippen LogP contribution in [0.25, 0.3) is 27.6 Å². The summed E-state index contributed by atoms with van der Waals surface area (Å²) in [6, 6.07) is 15.3. The second kappa shape index (κ2) is 7.61. The molecule has 0 unspecified atom stereocenters. The van der Waals surface area contributed by atoms with Gasteiger partial charge in [0, 0.05) is 22.6 Å². The van der Waals surface area contributed by atoms with Gasteiger partial charge in [0.25, 0.3) is 0 Å². The molecule has 0 aliphatic rings. The summed E-state index contributed by atoms with van der Waals surface area (Å²) in [4.78, 5) is 15.6. The van der Waals surface area contributed by atoms with E-state index in [0.29, 0.717) is 23.1 Å². The molecule has 2 aromatic carbocycles. The van der Waals surface area contributed by atoms with Gasteiger partial charge in [0.2, 0.25) is 11.5 Å². The number of hydrogen-bond acceptors (Lipinski definition) is 5. The van der Waals surface area contributed by atoms with Crippen molar-refractivity contribution in [2.75, 3.05) is 12.4 Å². The fourth-order valence-corrected chi connectivity index (χ4v) is 3.50. The number of rotatable bonds is 6. The largest absolute Gasteiger partial charge is 0.497 e. The van der Waals surface area contributed by atoms with Crippen molar-refractivity contribution >= 4 is 23.6 Å². The Kier molecular flexibility index (Phi) is 4.86. The summed E-state index contributed by atoms with van der Waals surface area (Å²) >= 11 is 1.40. The fourth-order valence-electron chi connectivity index (χ4n) is 2.71. The molecular weight excluding hydrogens is 379 g/mol. The summed E-state index contributed by atoms with van der Waals surface area (Å²) in [6.07, 6.45) is 0.583. The van der Waals surface area contributed by atoms with Crippen molar-refractivity contribution in [2.24, 2.45) is 0 Å². The Bertz CT molecular complexity index is 1100. The van der Waals surface area contributed by atoms with Gasteiger partial charge >= 0.3 is 0 Å². The summed E-state index contributed by atoms with van der Waals surface area (Å²) in [7, 11) is 1.62.